The summed E-state index contributed by atoms with van der Waals surface area (Å²) in [6.45, 7) is 9.14. The van der Waals surface area contributed by atoms with Crippen LogP contribution < -0.4 is 5.32 Å². The first-order chi connectivity index (χ1) is 9.60. The molecule has 2 rings (SSSR count). The monoisotopic (exact) mass is 296 g/mol. The van der Waals surface area contributed by atoms with Gasteiger partial charge in [-0.25, -0.2) is 4.79 Å². The van der Waals surface area contributed by atoms with Crippen molar-refractivity contribution in [2.24, 2.45) is 0 Å². The molecule has 0 aromatic carbocycles. The van der Waals surface area contributed by atoms with Crippen molar-refractivity contribution in [3.8, 4) is 0 Å². The van der Waals surface area contributed by atoms with Gasteiger partial charge in [0.1, 0.15) is 0 Å². The summed E-state index contributed by atoms with van der Waals surface area (Å²) in [5.74, 6) is 0. The Balaban J connectivity index is 1.73. The number of carbonyl (C=O) groups excluding carboxylic acids is 1. The summed E-state index contributed by atoms with van der Waals surface area (Å²) >= 11 is 1.87. The van der Waals surface area contributed by atoms with E-state index in [1.54, 1.807) is 4.90 Å². The first-order valence-corrected chi connectivity index (χ1v) is 8.12. The van der Waals surface area contributed by atoms with E-state index in [-0.39, 0.29) is 6.09 Å². The van der Waals surface area contributed by atoms with E-state index in [9.17, 15) is 4.79 Å². The summed E-state index contributed by atoms with van der Waals surface area (Å²) in [6, 6.07) is 2.77. The second-order valence-corrected chi connectivity index (χ2v) is 6.63. The number of piperidine rings is 1. The van der Waals surface area contributed by atoms with Crippen LogP contribution in [0.1, 0.15) is 35.1 Å². The summed E-state index contributed by atoms with van der Waals surface area (Å²) < 4.78 is 5.03. The fourth-order valence-electron chi connectivity index (χ4n) is 2.46. The Morgan fingerprint density at radius 1 is 1.45 bits per heavy atom. The number of hydrogen-bond acceptors (Lipinski definition) is 4. The molecule has 0 saturated carbocycles. The van der Waals surface area contributed by atoms with Gasteiger partial charge in [-0.3, -0.25) is 0 Å². The van der Waals surface area contributed by atoms with E-state index in [1.807, 2.05) is 18.3 Å². The van der Waals surface area contributed by atoms with Gasteiger partial charge in [0.25, 0.3) is 0 Å². The van der Waals surface area contributed by atoms with Gasteiger partial charge in [0.2, 0.25) is 0 Å². The van der Waals surface area contributed by atoms with E-state index in [4.69, 9.17) is 4.74 Å². The normalized spacial score (nSPS) is 16.4. The number of rotatable bonds is 4. The number of likely N-dealkylation sites (tertiary alicyclic amines) is 1. The molecule has 4 nitrogen and oxygen atoms in total. The topological polar surface area (TPSA) is 41.6 Å². The zero-order chi connectivity index (χ0) is 14.5. The number of hydrogen-bond donors (Lipinski definition) is 1. The number of carbonyl (C=O) groups is 1. The molecule has 112 valence electrons. The second kappa shape index (κ2) is 7.09. The highest BCUT2D eigenvalue weighted by Crippen LogP contribution is 2.21. The first-order valence-electron chi connectivity index (χ1n) is 7.31. The van der Waals surface area contributed by atoms with Crippen LogP contribution >= 0.6 is 11.3 Å². The van der Waals surface area contributed by atoms with Gasteiger partial charge >= 0.3 is 6.09 Å². The average molecular weight is 296 g/mol. The minimum Gasteiger partial charge on any atom is -0.450 e. The van der Waals surface area contributed by atoms with E-state index in [1.165, 1.54) is 15.3 Å². The van der Waals surface area contributed by atoms with Crippen molar-refractivity contribution in [1.82, 2.24) is 10.2 Å². The SMILES string of the molecule is CCOC(=O)N1CCC(NCc2cc(C)c(C)s2)CC1. The lowest BCUT2D eigenvalue weighted by Crippen LogP contribution is -2.44. The van der Waals surface area contributed by atoms with Gasteiger partial charge in [0, 0.05) is 35.4 Å². The van der Waals surface area contributed by atoms with Gasteiger partial charge in [0.05, 0.1) is 6.61 Å². The Hall–Kier alpha value is -1.07. The predicted octanol–water partition coefficient (Wildman–Crippen LogP) is 3.08. The zero-order valence-corrected chi connectivity index (χ0v) is 13.4. The van der Waals surface area contributed by atoms with Crippen molar-refractivity contribution in [3.63, 3.8) is 0 Å². The number of nitrogens with zero attached hydrogens (tertiary/aromatic N) is 1. The van der Waals surface area contributed by atoms with E-state index >= 15 is 0 Å². The second-order valence-electron chi connectivity index (χ2n) is 5.29. The molecule has 1 aromatic heterocycles. The number of amides is 1. The number of thiophene rings is 1. The lowest BCUT2D eigenvalue weighted by atomic mass is 10.1. The molecule has 1 aromatic rings. The summed E-state index contributed by atoms with van der Waals surface area (Å²) in [5.41, 5.74) is 1.38. The van der Waals surface area contributed by atoms with Crippen LogP contribution in [-0.2, 0) is 11.3 Å². The Labute approximate surface area is 125 Å². The van der Waals surface area contributed by atoms with Gasteiger partial charge in [0.15, 0.2) is 0 Å². The standard InChI is InChI=1S/C15H24N2O2S/c1-4-19-15(18)17-7-5-13(6-8-17)16-10-14-9-11(2)12(3)20-14/h9,13,16H,4-8,10H2,1-3H3. The smallest absolute Gasteiger partial charge is 0.409 e. The maximum absolute atomic E-state index is 11.6. The van der Waals surface area contributed by atoms with Crippen LogP contribution in [0.15, 0.2) is 6.07 Å². The third kappa shape index (κ3) is 3.96. The minimum atomic E-state index is -0.171. The molecule has 1 fully saturated rings. The molecule has 1 saturated heterocycles. The lowest BCUT2D eigenvalue weighted by Gasteiger charge is -2.31. The average Bonchev–Trinajstić information content (AvgIpc) is 2.76. The fraction of sp³-hybridized carbons (Fsp3) is 0.667. The van der Waals surface area contributed by atoms with E-state index in [0.717, 1.165) is 32.5 Å². The molecule has 0 unspecified atom stereocenters. The molecule has 5 heteroatoms. The van der Waals surface area contributed by atoms with Crippen LogP contribution in [0, 0.1) is 13.8 Å². The van der Waals surface area contributed by atoms with Gasteiger partial charge < -0.3 is 15.0 Å². The fourth-order valence-corrected chi connectivity index (χ4v) is 3.47. The van der Waals surface area contributed by atoms with Gasteiger partial charge in [-0.2, -0.15) is 0 Å². The number of ether oxygens (including phenoxy) is 1. The highest BCUT2D eigenvalue weighted by molar-refractivity contribution is 7.12. The van der Waals surface area contributed by atoms with Crippen LogP contribution in [0.5, 0.6) is 0 Å². The van der Waals surface area contributed by atoms with Gasteiger partial charge in [-0.1, -0.05) is 0 Å². The molecule has 1 N–H and O–H groups in total. The molecular formula is C15H24N2O2S. The highest BCUT2D eigenvalue weighted by atomic mass is 32.1. The number of nitrogens with one attached hydrogen (secondary N) is 1. The Morgan fingerprint density at radius 3 is 2.70 bits per heavy atom. The van der Waals surface area contributed by atoms with Crippen LogP contribution in [-0.4, -0.2) is 36.7 Å². The Bertz CT molecular complexity index is 431. The van der Waals surface area contributed by atoms with Crippen LogP contribution in [0.2, 0.25) is 0 Å². The summed E-state index contributed by atoms with van der Waals surface area (Å²) in [7, 11) is 0. The van der Waals surface area contributed by atoms with E-state index < -0.39 is 0 Å². The predicted molar refractivity (Wildman–Crippen MR) is 82.2 cm³/mol. The molecule has 1 aliphatic heterocycles. The quantitative estimate of drug-likeness (QED) is 0.928. The maximum Gasteiger partial charge on any atom is 0.409 e. The van der Waals surface area contributed by atoms with Crippen molar-refractivity contribution in [3.05, 3.63) is 21.4 Å². The summed E-state index contributed by atoms with van der Waals surface area (Å²) in [4.78, 5) is 16.2. The van der Waals surface area contributed by atoms with Crippen molar-refractivity contribution in [1.29, 1.82) is 0 Å². The molecule has 0 spiro atoms. The van der Waals surface area contributed by atoms with Crippen LogP contribution in [0.25, 0.3) is 0 Å². The third-order valence-corrected chi connectivity index (χ3v) is 4.96. The summed E-state index contributed by atoms with van der Waals surface area (Å²) in [5, 5.41) is 3.60. The maximum atomic E-state index is 11.6. The van der Waals surface area contributed by atoms with Crippen molar-refractivity contribution >= 4 is 17.4 Å². The first kappa shape index (κ1) is 15.3. The van der Waals surface area contributed by atoms with Crippen molar-refractivity contribution in [2.45, 2.75) is 46.2 Å². The molecule has 20 heavy (non-hydrogen) atoms. The molecule has 0 aliphatic carbocycles. The molecule has 2 heterocycles. The van der Waals surface area contributed by atoms with E-state index in [2.05, 4.69) is 25.2 Å². The number of aryl methyl sites for hydroxylation is 2. The lowest BCUT2D eigenvalue weighted by molar-refractivity contribution is 0.0950. The molecular weight excluding hydrogens is 272 g/mol. The van der Waals surface area contributed by atoms with Crippen molar-refractivity contribution in [2.75, 3.05) is 19.7 Å². The third-order valence-electron chi connectivity index (χ3n) is 3.80. The van der Waals surface area contributed by atoms with Crippen LogP contribution in [0.3, 0.4) is 0 Å². The van der Waals surface area contributed by atoms with Crippen LogP contribution in [0.4, 0.5) is 4.79 Å². The summed E-state index contributed by atoms with van der Waals surface area (Å²) in [6.07, 6.45) is 1.83. The molecule has 1 aliphatic rings. The molecule has 1 amide bonds. The molecule has 0 atom stereocenters. The van der Waals surface area contributed by atoms with E-state index in [0.29, 0.717) is 12.6 Å². The van der Waals surface area contributed by atoms with Gasteiger partial charge in [-0.05, 0) is 45.2 Å². The van der Waals surface area contributed by atoms with Crippen molar-refractivity contribution < 1.29 is 9.53 Å². The largest absolute Gasteiger partial charge is 0.450 e. The zero-order valence-electron chi connectivity index (χ0n) is 12.6. The molecule has 0 radical (unpaired) electrons. The van der Waals surface area contributed by atoms with Gasteiger partial charge in [-0.15, -0.1) is 11.3 Å². The molecule has 0 bridgehead atoms. The highest BCUT2D eigenvalue weighted by Gasteiger charge is 2.23. The Kier molecular flexibility index (Phi) is 5.43. The Morgan fingerprint density at radius 2 is 2.15 bits per heavy atom. The minimum absolute atomic E-state index is 0.171.